The third-order valence-corrected chi connectivity index (χ3v) is 3.77. The van der Waals surface area contributed by atoms with Crippen molar-refractivity contribution in [3.63, 3.8) is 0 Å². The molecule has 4 nitrogen and oxygen atoms in total. The van der Waals surface area contributed by atoms with E-state index in [1.807, 2.05) is 11.7 Å². The first-order valence-electron chi connectivity index (χ1n) is 6.44. The maximum atomic E-state index is 4.18. The van der Waals surface area contributed by atoms with Crippen LogP contribution in [0.4, 0.5) is 0 Å². The van der Waals surface area contributed by atoms with Crippen LogP contribution < -0.4 is 5.32 Å². The van der Waals surface area contributed by atoms with Gasteiger partial charge in [-0.25, -0.2) is 9.67 Å². The quantitative estimate of drug-likeness (QED) is 0.544. The molecule has 0 fully saturated rings. The minimum Gasteiger partial charge on any atom is -0.313 e. The first-order valence-corrected chi connectivity index (χ1v) is 7.42. The van der Waals surface area contributed by atoms with E-state index in [4.69, 9.17) is 0 Å². The van der Waals surface area contributed by atoms with Crippen molar-refractivity contribution in [3.8, 4) is 0 Å². The maximum Gasteiger partial charge on any atom is 0.185 e. The molecule has 1 unspecified atom stereocenters. The molecule has 0 aromatic carbocycles. The van der Waals surface area contributed by atoms with Gasteiger partial charge in [-0.1, -0.05) is 37.9 Å². The molecule has 5 heteroatoms. The van der Waals surface area contributed by atoms with Gasteiger partial charge in [-0.15, -0.1) is 0 Å². The maximum absolute atomic E-state index is 4.18. The predicted octanol–water partition coefficient (Wildman–Crippen LogP) is 2.47. The van der Waals surface area contributed by atoms with Crippen molar-refractivity contribution in [2.75, 3.05) is 12.3 Å². The van der Waals surface area contributed by atoms with Crippen molar-refractivity contribution in [1.82, 2.24) is 20.1 Å². The van der Waals surface area contributed by atoms with Gasteiger partial charge in [0.1, 0.15) is 6.33 Å². The van der Waals surface area contributed by atoms with Crippen LogP contribution in [-0.2, 0) is 7.05 Å². The third kappa shape index (κ3) is 6.07. The van der Waals surface area contributed by atoms with Gasteiger partial charge in [0.15, 0.2) is 5.16 Å². The Bertz CT molecular complexity index is 300. The Kier molecular flexibility index (Phi) is 7.28. The summed E-state index contributed by atoms with van der Waals surface area (Å²) in [7, 11) is 1.93. The highest BCUT2D eigenvalue weighted by Gasteiger charge is 2.03. The van der Waals surface area contributed by atoms with Crippen molar-refractivity contribution in [1.29, 1.82) is 0 Å². The van der Waals surface area contributed by atoms with Gasteiger partial charge in [-0.3, -0.25) is 0 Å². The largest absolute Gasteiger partial charge is 0.313 e. The summed E-state index contributed by atoms with van der Waals surface area (Å²) in [6, 6.07) is 0.627. The van der Waals surface area contributed by atoms with Gasteiger partial charge in [0, 0.05) is 25.4 Å². The Labute approximate surface area is 109 Å². The van der Waals surface area contributed by atoms with Gasteiger partial charge in [-0.2, -0.15) is 5.10 Å². The number of hydrogen-bond acceptors (Lipinski definition) is 4. The number of thioether (sulfide) groups is 1. The van der Waals surface area contributed by atoms with Gasteiger partial charge >= 0.3 is 0 Å². The highest BCUT2D eigenvalue weighted by atomic mass is 32.2. The van der Waals surface area contributed by atoms with Crippen LogP contribution in [-0.4, -0.2) is 33.1 Å². The van der Waals surface area contributed by atoms with E-state index in [0.717, 1.165) is 17.5 Å². The molecule has 1 heterocycles. The van der Waals surface area contributed by atoms with E-state index in [1.54, 1.807) is 18.1 Å². The predicted molar refractivity (Wildman–Crippen MR) is 73.3 cm³/mol. The van der Waals surface area contributed by atoms with Crippen LogP contribution in [0.25, 0.3) is 0 Å². The molecule has 0 spiro atoms. The standard InChI is InChI=1S/C12H24N4S/c1-4-5-6-7-11(2)13-8-9-17-12-14-10-15-16(12)3/h10-11,13H,4-9H2,1-3H3. The lowest BCUT2D eigenvalue weighted by Gasteiger charge is -2.12. The molecule has 98 valence electrons. The normalized spacial score (nSPS) is 12.9. The molecule has 0 bridgehead atoms. The summed E-state index contributed by atoms with van der Waals surface area (Å²) < 4.78 is 1.81. The summed E-state index contributed by atoms with van der Waals surface area (Å²) in [4.78, 5) is 4.18. The van der Waals surface area contributed by atoms with Crippen LogP contribution >= 0.6 is 11.8 Å². The highest BCUT2D eigenvalue weighted by Crippen LogP contribution is 2.11. The minimum atomic E-state index is 0.627. The van der Waals surface area contributed by atoms with Gasteiger partial charge in [0.2, 0.25) is 0 Å². The second-order valence-corrected chi connectivity index (χ2v) is 5.43. The average Bonchev–Trinajstić information content (AvgIpc) is 2.71. The van der Waals surface area contributed by atoms with Crippen molar-refractivity contribution < 1.29 is 0 Å². The molecule has 0 saturated heterocycles. The average molecular weight is 256 g/mol. The number of rotatable bonds is 9. The van der Waals surface area contributed by atoms with Crippen molar-refractivity contribution in [2.24, 2.45) is 7.05 Å². The number of aromatic nitrogens is 3. The second kappa shape index (κ2) is 8.53. The molecule has 0 saturated carbocycles. The summed E-state index contributed by atoms with van der Waals surface area (Å²) in [5.41, 5.74) is 0. The fourth-order valence-electron chi connectivity index (χ4n) is 1.67. The highest BCUT2D eigenvalue weighted by molar-refractivity contribution is 7.99. The second-order valence-electron chi connectivity index (χ2n) is 4.37. The van der Waals surface area contributed by atoms with E-state index in [9.17, 15) is 0 Å². The van der Waals surface area contributed by atoms with Gasteiger partial charge < -0.3 is 5.32 Å². The molecule has 0 aliphatic rings. The molecular formula is C12H24N4S. The fourth-order valence-corrected chi connectivity index (χ4v) is 2.42. The lowest BCUT2D eigenvalue weighted by atomic mass is 10.1. The van der Waals surface area contributed by atoms with E-state index in [0.29, 0.717) is 6.04 Å². The fraction of sp³-hybridized carbons (Fsp3) is 0.833. The zero-order valence-electron chi connectivity index (χ0n) is 11.1. The minimum absolute atomic E-state index is 0.627. The van der Waals surface area contributed by atoms with E-state index in [-0.39, 0.29) is 0 Å². The molecule has 17 heavy (non-hydrogen) atoms. The van der Waals surface area contributed by atoms with Crippen molar-refractivity contribution in [3.05, 3.63) is 6.33 Å². The van der Waals surface area contributed by atoms with Gasteiger partial charge in [0.05, 0.1) is 0 Å². The van der Waals surface area contributed by atoms with Crippen LogP contribution in [0.5, 0.6) is 0 Å². The van der Waals surface area contributed by atoms with Crippen LogP contribution in [0.3, 0.4) is 0 Å². The number of hydrogen-bond donors (Lipinski definition) is 1. The Morgan fingerprint density at radius 3 is 2.94 bits per heavy atom. The summed E-state index contributed by atoms with van der Waals surface area (Å²) in [5, 5.41) is 8.58. The third-order valence-electron chi connectivity index (χ3n) is 2.74. The van der Waals surface area contributed by atoms with E-state index in [1.165, 1.54) is 25.7 Å². The summed E-state index contributed by atoms with van der Waals surface area (Å²) in [6.45, 7) is 5.54. The Hall–Kier alpha value is -0.550. The summed E-state index contributed by atoms with van der Waals surface area (Å²) in [6.07, 6.45) is 6.86. The first kappa shape index (κ1) is 14.5. The molecule has 0 radical (unpaired) electrons. The molecule has 1 aromatic rings. The number of unbranched alkanes of at least 4 members (excludes halogenated alkanes) is 2. The SMILES string of the molecule is CCCCCC(C)NCCSc1ncnn1C. The molecule has 1 atom stereocenters. The van der Waals surface area contributed by atoms with Gasteiger partial charge in [-0.05, 0) is 13.3 Å². The Balaban J connectivity index is 2.02. The summed E-state index contributed by atoms with van der Waals surface area (Å²) in [5.74, 6) is 1.05. The van der Waals surface area contributed by atoms with Crippen LogP contribution in [0, 0.1) is 0 Å². The van der Waals surface area contributed by atoms with Crippen LogP contribution in [0.2, 0.25) is 0 Å². The topological polar surface area (TPSA) is 42.7 Å². The van der Waals surface area contributed by atoms with E-state index < -0.39 is 0 Å². The first-order chi connectivity index (χ1) is 8.24. The van der Waals surface area contributed by atoms with Crippen LogP contribution in [0.15, 0.2) is 11.5 Å². The molecule has 0 aliphatic heterocycles. The monoisotopic (exact) mass is 256 g/mol. The summed E-state index contributed by atoms with van der Waals surface area (Å²) >= 11 is 1.75. The lowest BCUT2D eigenvalue weighted by Crippen LogP contribution is -2.28. The Morgan fingerprint density at radius 1 is 1.47 bits per heavy atom. The van der Waals surface area contributed by atoms with Gasteiger partial charge in [0.25, 0.3) is 0 Å². The number of nitrogens with one attached hydrogen (secondary N) is 1. The molecule has 1 N–H and O–H groups in total. The van der Waals surface area contributed by atoms with Crippen LogP contribution in [0.1, 0.15) is 39.5 Å². The molecule has 0 amide bonds. The molecule has 1 aromatic heterocycles. The van der Waals surface area contributed by atoms with Crippen molar-refractivity contribution >= 4 is 11.8 Å². The van der Waals surface area contributed by atoms with Crippen molar-refractivity contribution in [2.45, 2.75) is 50.7 Å². The lowest BCUT2D eigenvalue weighted by molar-refractivity contribution is 0.501. The molecule has 1 rings (SSSR count). The Morgan fingerprint density at radius 2 is 2.29 bits per heavy atom. The smallest absolute Gasteiger partial charge is 0.185 e. The molecule has 0 aliphatic carbocycles. The number of nitrogens with zero attached hydrogens (tertiary/aromatic N) is 3. The zero-order chi connectivity index (χ0) is 12.5. The molecular weight excluding hydrogens is 232 g/mol. The number of aryl methyl sites for hydroxylation is 1. The van der Waals surface area contributed by atoms with E-state index in [2.05, 4.69) is 29.2 Å². The zero-order valence-corrected chi connectivity index (χ0v) is 12.0. The van der Waals surface area contributed by atoms with E-state index >= 15 is 0 Å².